The van der Waals surface area contributed by atoms with Gasteiger partial charge in [-0.2, -0.15) is 0 Å². The molecule has 1 aliphatic rings. The Morgan fingerprint density at radius 1 is 1.17 bits per heavy atom. The first kappa shape index (κ1) is 21.1. The standard InChI is InChI=1S/C22H26N4O2.ClH/c1-2-23-14-16-7-3-6-10-18(16)24-21(27)15-11-12-20-19(13-15)25-22(28)26(20)17-8-4-5-9-17;/h3,6-7,10-13,17,23H,2,4-5,8-9,14H2,1H3,(H,24,27)(H,25,28);1H. The van der Waals surface area contributed by atoms with Crippen molar-refractivity contribution in [3.63, 3.8) is 0 Å². The molecule has 0 atom stereocenters. The lowest BCUT2D eigenvalue weighted by Crippen LogP contribution is -2.20. The number of halogens is 1. The molecule has 0 radical (unpaired) electrons. The Labute approximate surface area is 176 Å². The normalized spacial score (nSPS) is 14.1. The van der Waals surface area contributed by atoms with Gasteiger partial charge in [0, 0.05) is 23.8 Å². The second kappa shape index (κ2) is 9.29. The van der Waals surface area contributed by atoms with E-state index in [1.54, 1.807) is 12.1 Å². The Morgan fingerprint density at radius 2 is 1.93 bits per heavy atom. The summed E-state index contributed by atoms with van der Waals surface area (Å²) in [5, 5.41) is 6.28. The van der Waals surface area contributed by atoms with Crippen LogP contribution in [-0.2, 0) is 6.54 Å². The molecule has 4 rings (SSSR count). The van der Waals surface area contributed by atoms with Crippen molar-refractivity contribution in [2.24, 2.45) is 0 Å². The van der Waals surface area contributed by atoms with Crippen LogP contribution in [0.25, 0.3) is 11.0 Å². The van der Waals surface area contributed by atoms with E-state index in [4.69, 9.17) is 0 Å². The van der Waals surface area contributed by atoms with Gasteiger partial charge in [-0.05, 0) is 49.2 Å². The zero-order valence-corrected chi connectivity index (χ0v) is 17.3. The maximum absolute atomic E-state index is 12.8. The van der Waals surface area contributed by atoms with Gasteiger partial charge in [-0.25, -0.2) is 4.79 Å². The molecule has 2 aromatic carbocycles. The Kier molecular flexibility index (Phi) is 6.77. The van der Waals surface area contributed by atoms with Gasteiger partial charge in [0.05, 0.1) is 11.0 Å². The van der Waals surface area contributed by atoms with Crippen LogP contribution in [0.15, 0.2) is 47.3 Å². The molecule has 0 unspecified atom stereocenters. The first-order valence-corrected chi connectivity index (χ1v) is 10.0. The van der Waals surface area contributed by atoms with Gasteiger partial charge < -0.3 is 15.6 Å². The number of rotatable bonds is 6. The lowest BCUT2D eigenvalue weighted by atomic mass is 10.1. The van der Waals surface area contributed by atoms with Crippen LogP contribution in [0.5, 0.6) is 0 Å². The monoisotopic (exact) mass is 414 g/mol. The molecule has 0 saturated heterocycles. The minimum absolute atomic E-state index is 0. The average molecular weight is 415 g/mol. The third-order valence-corrected chi connectivity index (χ3v) is 5.50. The second-order valence-corrected chi connectivity index (χ2v) is 7.36. The van der Waals surface area contributed by atoms with Gasteiger partial charge in [-0.15, -0.1) is 12.4 Å². The minimum atomic E-state index is -0.180. The Morgan fingerprint density at radius 3 is 2.69 bits per heavy atom. The fourth-order valence-electron chi connectivity index (χ4n) is 4.05. The molecule has 6 nitrogen and oxygen atoms in total. The molecule has 3 aromatic rings. The molecule has 1 amide bonds. The maximum atomic E-state index is 12.8. The first-order valence-electron chi connectivity index (χ1n) is 10.0. The van der Waals surface area contributed by atoms with Gasteiger partial charge >= 0.3 is 5.69 Å². The van der Waals surface area contributed by atoms with Crippen molar-refractivity contribution in [3.8, 4) is 0 Å². The number of aromatic amines is 1. The zero-order valence-electron chi connectivity index (χ0n) is 16.5. The number of nitrogens with zero attached hydrogens (tertiary/aromatic N) is 1. The molecule has 3 N–H and O–H groups in total. The van der Waals surface area contributed by atoms with Crippen molar-refractivity contribution in [2.45, 2.75) is 45.2 Å². The van der Waals surface area contributed by atoms with Crippen LogP contribution >= 0.6 is 12.4 Å². The van der Waals surface area contributed by atoms with E-state index >= 15 is 0 Å². The van der Waals surface area contributed by atoms with E-state index < -0.39 is 0 Å². The highest BCUT2D eigenvalue weighted by atomic mass is 35.5. The summed E-state index contributed by atoms with van der Waals surface area (Å²) in [5.74, 6) is -0.180. The number of benzene rings is 2. The van der Waals surface area contributed by atoms with E-state index in [0.29, 0.717) is 17.6 Å². The Bertz CT molecular complexity index is 1050. The molecule has 0 aliphatic heterocycles. The third-order valence-electron chi connectivity index (χ3n) is 5.50. The van der Waals surface area contributed by atoms with E-state index in [-0.39, 0.29) is 30.0 Å². The van der Waals surface area contributed by atoms with Gasteiger partial charge in [0.1, 0.15) is 0 Å². The predicted molar refractivity (Wildman–Crippen MR) is 119 cm³/mol. The number of anilines is 1. The molecule has 154 valence electrons. The number of fused-ring (bicyclic) bond motifs is 1. The number of hydrogen-bond donors (Lipinski definition) is 3. The first-order chi connectivity index (χ1) is 13.7. The highest BCUT2D eigenvalue weighted by Crippen LogP contribution is 2.30. The van der Waals surface area contributed by atoms with Gasteiger partial charge in [-0.1, -0.05) is 38.0 Å². The molecule has 1 aromatic heterocycles. The number of H-pyrrole nitrogens is 1. The highest BCUT2D eigenvalue weighted by Gasteiger charge is 2.21. The summed E-state index contributed by atoms with van der Waals surface area (Å²) < 4.78 is 1.86. The number of nitrogens with one attached hydrogen (secondary N) is 3. The smallest absolute Gasteiger partial charge is 0.322 e. The van der Waals surface area contributed by atoms with E-state index in [0.717, 1.165) is 49.0 Å². The molecular formula is C22H27ClN4O2. The number of para-hydroxylation sites is 1. The molecule has 1 aliphatic carbocycles. The van der Waals surface area contributed by atoms with Crippen LogP contribution in [-0.4, -0.2) is 22.0 Å². The molecule has 29 heavy (non-hydrogen) atoms. The summed E-state index contributed by atoms with van der Waals surface area (Å²) >= 11 is 0. The summed E-state index contributed by atoms with van der Waals surface area (Å²) in [6, 6.07) is 13.5. The van der Waals surface area contributed by atoms with Gasteiger partial charge in [-0.3, -0.25) is 9.36 Å². The lowest BCUT2D eigenvalue weighted by Gasteiger charge is -2.12. The van der Waals surface area contributed by atoms with Crippen LogP contribution < -0.4 is 16.3 Å². The fraction of sp³-hybridized carbons (Fsp3) is 0.364. The lowest BCUT2D eigenvalue weighted by molar-refractivity contribution is 0.102. The largest absolute Gasteiger partial charge is 0.326 e. The second-order valence-electron chi connectivity index (χ2n) is 7.36. The topological polar surface area (TPSA) is 78.9 Å². The summed E-state index contributed by atoms with van der Waals surface area (Å²) in [6.45, 7) is 3.61. The molecule has 0 spiro atoms. The van der Waals surface area contributed by atoms with Crippen LogP contribution in [0, 0.1) is 0 Å². The van der Waals surface area contributed by atoms with E-state index in [2.05, 4.69) is 22.5 Å². The van der Waals surface area contributed by atoms with Crippen LogP contribution in [0.2, 0.25) is 0 Å². The third kappa shape index (κ3) is 4.38. The van der Waals surface area contributed by atoms with Gasteiger partial charge in [0.2, 0.25) is 0 Å². The van der Waals surface area contributed by atoms with Crippen molar-refractivity contribution in [1.82, 2.24) is 14.9 Å². The molecular weight excluding hydrogens is 388 g/mol. The van der Waals surface area contributed by atoms with Crippen molar-refractivity contribution in [2.75, 3.05) is 11.9 Å². The number of carbonyl (C=O) groups excluding carboxylic acids is 1. The van der Waals surface area contributed by atoms with Crippen LogP contribution in [0.3, 0.4) is 0 Å². The number of imidazole rings is 1. The van der Waals surface area contributed by atoms with Crippen molar-refractivity contribution < 1.29 is 4.79 Å². The van der Waals surface area contributed by atoms with Crippen molar-refractivity contribution >= 4 is 35.0 Å². The summed E-state index contributed by atoms with van der Waals surface area (Å²) in [4.78, 5) is 28.2. The number of hydrogen-bond acceptors (Lipinski definition) is 3. The van der Waals surface area contributed by atoms with Crippen LogP contribution in [0.1, 0.15) is 54.6 Å². The molecule has 0 bridgehead atoms. The van der Waals surface area contributed by atoms with E-state index in [1.165, 1.54) is 0 Å². The molecule has 7 heteroatoms. The maximum Gasteiger partial charge on any atom is 0.326 e. The fourth-order valence-corrected chi connectivity index (χ4v) is 4.05. The summed E-state index contributed by atoms with van der Waals surface area (Å²) in [7, 11) is 0. The van der Waals surface area contributed by atoms with E-state index in [9.17, 15) is 9.59 Å². The van der Waals surface area contributed by atoms with Crippen molar-refractivity contribution in [3.05, 3.63) is 64.1 Å². The average Bonchev–Trinajstić information content (AvgIpc) is 3.33. The molecule has 1 heterocycles. The Hall–Kier alpha value is -2.57. The van der Waals surface area contributed by atoms with Crippen molar-refractivity contribution in [1.29, 1.82) is 0 Å². The van der Waals surface area contributed by atoms with Crippen LogP contribution in [0.4, 0.5) is 5.69 Å². The summed E-state index contributed by atoms with van der Waals surface area (Å²) in [5.41, 5.74) is 3.87. The quantitative estimate of drug-likeness (QED) is 0.564. The summed E-state index contributed by atoms with van der Waals surface area (Å²) in [6.07, 6.45) is 4.41. The van der Waals surface area contributed by atoms with Gasteiger partial charge in [0.15, 0.2) is 0 Å². The molecule has 1 saturated carbocycles. The number of carbonyl (C=O) groups is 1. The zero-order chi connectivity index (χ0) is 19.5. The Balaban J connectivity index is 0.00000240. The van der Waals surface area contributed by atoms with Gasteiger partial charge in [0.25, 0.3) is 5.91 Å². The SMILES string of the molecule is CCNCc1ccccc1NC(=O)c1ccc2c(c1)[nH]c(=O)n2C1CCCC1.Cl. The number of amides is 1. The predicted octanol–water partition coefficient (Wildman–Crippen LogP) is 4.23. The highest BCUT2D eigenvalue weighted by molar-refractivity contribution is 6.06. The van der Waals surface area contributed by atoms with E-state index in [1.807, 2.05) is 34.9 Å². The minimum Gasteiger partial charge on any atom is -0.322 e. The molecule has 1 fully saturated rings. The number of aromatic nitrogens is 2.